The number of pyridine rings is 1. The predicted octanol–water partition coefficient (Wildman–Crippen LogP) is 9.20. The summed E-state index contributed by atoms with van der Waals surface area (Å²) in [7, 11) is 0. The average molecular weight is 436 g/mol. The van der Waals surface area contributed by atoms with Gasteiger partial charge in [-0.25, -0.2) is 0 Å². The molecule has 3 rings (SSSR count). The lowest BCUT2D eigenvalue weighted by Gasteiger charge is -2.33. The summed E-state index contributed by atoms with van der Waals surface area (Å²) in [5.41, 5.74) is 3.92. The van der Waals surface area contributed by atoms with Crippen molar-refractivity contribution in [3.05, 3.63) is 48.3 Å². The summed E-state index contributed by atoms with van der Waals surface area (Å²) in [6.45, 7) is 7.80. The standard InChI is InChI=1S/C30H45NO/c1-4-6-8-9-12-22-32-30-15-11-10-14-28(30)27-20-21-31-23-29(27)24(3)26-18-16-25(17-19-26)13-7-5-2/h10-11,14-15,20-21,23-26H,4-9,12-13,16-19,22H2,1-3H3. The van der Waals surface area contributed by atoms with Gasteiger partial charge >= 0.3 is 0 Å². The van der Waals surface area contributed by atoms with Gasteiger partial charge in [0.2, 0.25) is 0 Å². The maximum Gasteiger partial charge on any atom is 0.127 e. The van der Waals surface area contributed by atoms with E-state index in [4.69, 9.17) is 4.74 Å². The first kappa shape index (κ1) is 24.8. The third kappa shape index (κ3) is 7.09. The Morgan fingerprint density at radius 3 is 2.41 bits per heavy atom. The van der Waals surface area contributed by atoms with Crippen LogP contribution in [0.25, 0.3) is 11.1 Å². The van der Waals surface area contributed by atoms with Crippen molar-refractivity contribution in [3.8, 4) is 16.9 Å². The van der Waals surface area contributed by atoms with Crippen LogP contribution in [-0.4, -0.2) is 11.6 Å². The molecule has 2 nitrogen and oxygen atoms in total. The van der Waals surface area contributed by atoms with Crippen LogP contribution in [0.3, 0.4) is 0 Å². The monoisotopic (exact) mass is 435 g/mol. The Morgan fingerprint density at radius 2 is 1.62 bits per heavy atom. The van der Waals surface area contributed by atoms with Crippen molar-refractivity contribution in [1.82, 2.24) is 4.98 Å². The Morgan fingerprint density at radius 1 is 0.875 bits per heavy atom. The van der Waals surface area contributed by atoms with Gasteiger partial charge in [0.05, 0.1) is 6.61 Å². The summed E-state index contributed by atoms with van der Waals surface area (Å²) in [4.78, 5) is 4.54. The number of hydrogen-bond donors (Lipinski definition) is 0. The SMILES string of the molecule is CCCCCCCOc1ccccc1-c1ccncc1C(C)C1CCC(CCCC)CC1. The summed E-state index contributed by atoms with van der Waals surface area (Å²) in [6, 6.07) is 10.8. The van der Waals surface area contributed by atoms with Gasteiger partial charge in [0.25, 0.3) is 0 Å². The molecule has 0 spiro atoms. The van der Waals surface area contributed by atoms with E-state index in [-0.39, 0.29) is 0 Å². The van der Waals surface area contributed by atoms with E-state index >= 15 is 0 Å². The maximum absolute atomic E-state index is 6.28. The molecule has 0 N–H and O–H groups in total. The second-order valence-corrected chi connectivity index (χ2v) is 9.93. The molecule has 1 heterocycles. The van der Waals surface area contributed by atoms with Crippen LogP contribution >= 0.6 is 0 Å². The van der Waals surface area contributed by atoms with Crippen molar-refractivity contribution in [2.24, 2.45) is 11.8 Å². The van der Waals surface area contributed by atoms with Crippen molar-refractivity contribution in [2.75, 3.05) is 6.61 Å². The van der Waals surface area contributed by atoms with E-state index < -0.39 is 0 Å². The van der Waals surface area contributed by atoms with E-state index in [0.717, 1.165) is 30.6 Å². The minimum absolute atomic E-state index is 0.535. The van der Waals surface area contributed by atoms with Gasteiger partial charge in [-0.2, -0.15) is 0 Å². The van der Waals surface area contributed by atoms with Crippen LogP contribution in [0.1, 0.15) is 109 Å². The fraction of sp³-hybridized carbons (Fsp3) is 0.633. The summed E-state index contributed by atoms with van der Waals surface area (Å²) < 4.78 is 6.28. The van der Waals surface area contributed by atoms with Crippen LogP contribution in [0.15, 0.2) is 42.7 Å². The van der Waals surface area contributed by atoms with Crippen molar-refractivity contribution in [1.29, 1.82) is 0 Å². The van der Waals surface area contributed by atoms with E-state index in [2.05, 4.69) is 62.3 Å². The van der Waals surface area contributed by atoms with Gasteiger partial charge in [-0.15, -0.1) is 0 Å². The fourth-order valence-electron chi connectivity index (χ4n) is 5.44. The van der Waals surface area contributed by atoms with Gasteiger partial charge < -0.3 is 4.74 Å². The first-order valence-corrected chi connectivity index (χ1v) is 13.4. The molecule has 0 amide bonds. The van der Waals surface area contributed by atoms with E-state index in [1.807, 2.05) is 6.20 Å². The molecule has 0 radical (unpaired) electrons. The maximum atomic E-state index is 6.28. The molecule has 1 aliphatic rings. The average Bonchev–Trinajstić information content (AvgIpc) is 2.85. The third-order valence-corrected chi connectivity index (χ3v) is 7.59. The Hall–Kier alpha value is -1.83. The van der Waals surface area contributed by atoms with Gasteiger partial charge in [-0.05, 0) is 60.3 Å². The highest BCUT2D eigenvalue weighted by atomic mass is 16.5. The first-order valence-electron chi connectivity index (χ1n) is 13.4. The zero-order valence-corrected chi connectivity index (χ0v) is 20.8. The van der Waals surface area contributed by atoms with E-state index in [0.29, 0.717) is 5.92 Å². The van der Waals surface area contributed by atoms with Crippen LogP contribution in [0.4, 0.5) is 0 Å². The number of hydrogen-bond acceptors (Lipinski definition) is 2. The molecule has 1 saturated carbocycles. The molecule has 0 aliphatic heterocycles. The second kappa shape index (κ2) is 13.7. The Bertz CT molecular complexity index is 778. The molecular formula is C30H45NO. The quantitative estimate of drug-likeness (QED) is 0.292. The topological polar surface area (TPSA) is 22.1 Å². The molecule has 1 aromatic carbocycles. The predicted molar refractivity (Wildman–Crippen MR) is 137 cm³/mol. The Balaban J connectivity index is 1.68. The lowest BCUT2D eigenvalue weighted by Crippen LogP contribution is -2.19. The highest BCUT2D eigenvalue weighted by Crippen LogP contribution is 2.43. The smallest absolute Gasteiger partial charge is 0.127 e. The minimum Gasteiger partial charge on any atom is -0.493 e. The normalized spacial score (nSPS) is 19.6. The van der Waals surface area contributed by atoms with E-state index in [1.54, 1.807) is 0 Å². The molecule has 1 atom stereocenters. The Kier molecular flexibility index (Phi) is 10.6. The number of ether oxygens (including phenoxy) is 1. The number of benzene rings is 1. The van der Waals surface area contributed by atoms with Crippen molar-refractivity contribution in [3.63, 3.8) is 0 Å². The summed E-state index contributed by atoms with van der Waals surface area (Å²) in [5, 5.41) is 0. The zero-order valence-electron chi connectivity index (χ0n) is 20.8. The van der Waals surface area contributed by atoms with Gasteiger partial charge in [0.15, 0.2) is 0 Å². The molecule has 2 aromatic rings. The van der Waals surface area contributed by atoms with Crippen molar-refractivity contribution < 1.29 is 4.74 Å². The number of para-hydroxylation sites is 1. The van der Waals surface area contributed by atoms with Crippen LogP contribution in [-0.2, 0) is 0 Å². The fourth-order valence-corrected chi connectivity index (χ4v) is 5.44. The number of nitrogens with zero attached hydrogens (tertiary/aromatic N) is 1. The second-order valence-electron chi connectivity index (χ2n) is 9.93. The molecular weight excluding hydrogens is 390 g/mol. The van der Waals surface area contributed by atoms with Crippen LogP contribution in [0, 0.1) is 11.8 Å². The highest BCUT2D eigenvalue weighted by Gasteiger charge is 2.27. The largest absolute Gasteiger partial charge is 0.493 e. The lowest BCUT2D eigenvalue weighted by atomic mass is 9.72. The van der Waals surface area contributed by atoms with E-state index in [1.165, 1.54) is 87.3 Å². The summed E-state index contributed by atoms with van der Waals surface area (Å²) in [5.74, 6) is 3.28. The first-order chi connectivity index (χ1) is 15.7. The molecule has 1 aromatic heterocycles. The van der Waals surface area contributed by atoms with Gasteiger partial charge in [0, 0.05) is 18.0 Å². The number of aromatic nitrogens is 1. The van der Waals surface area contributed by atoms with Crippen LogP contribution in [0.2, 0.25) is 0 Å². The van der Waals surface area contributed by atoms with Crippen LogP contribution < -0.4 is 4.74 Å². The lowest BCUT2D eigenvalue weighted by molar-refractivity contribution is 0.237. The molecule has 1 aliphatic carbocycles. The molecule has 0 bridgehead atoms. The van der Waals surface area contributed by atoms with E-state index in [9.17, 15) is 0 Å². The molecule has 1 fully saturated rings. The van der Waals surface area contributed by atoms with Crippen molar-refractivity contribution in [2.45, 2.75) is 104 Å². The summed E-state index contributed by atoms with van der Waals surface area (Å²) >= 11 is 0. The van der Waals surface area contributed by atoms with Crippen LogP contribution in [0.5, 0.6) is 5.75 Å². The van der Waals surface area contributed by atoms with Gasteiger partial charge in [0.1, 0.15) is 5.75 Å². The van der Waals surface area contributed by atoms with Crippen molar-refractivity contribution >= 4 is 0 Å². The highest BCUT2D eigenvalue weighted by molar-refractivity contribution is 5.73. The number of rotatable bonds is 13. The molecule has 2 heteroatoms. The minimum atomic E-state index is 0.535. The number of unbranched alkanes of at least 4 members (excludes halogenated alkanes) is 5. The molecule has 32 heavy (non-hydrogen) atoms. The van der Waals surface area contributed by atoms with Gasteiger partial charge in [-0.3, -0.25) is 4.98 Å². The summed E-state index contributed by atoms with van der Waals surface area (Å²) in [6.07, 6.45) is 20.1. The zero-order chi connectivity index (χ0) is 22.6. The molecule has 176 valence electrons. The molecule has 1 unspecified atom stereocenters. The Labute approximate surface area is 197 Å². The molecule has 0 saturated heterocycles. The van der Waals surface area contributed by atoms with Gasteiger partial charge in [-0.1, -0.05) is 96.8 Å². The third-order valence-electron chi connectivity index (χ3n) is 7.59.